The molecule has 2 heteroatoms. The molecule has 0 amide bonds. The van der Waals surface area contributed by atoms with E-state index in [1.54, 1.807) is 0 Å². The van der Waals surface area contributed by atoms with Gasteiger partial charge < -0.3 is 4.57 Å². The first-order valence-corrected chi connectivity index (χ1v) is 11.2. The Balaban J connectivity index is 1.35. The fourth-order valence-electron chi connectivity index (χ4n) is 7.39. The van der Waals surface area contributed by atoms with Crippen molar-refractivity contribution in [3.8, 4) is 0 Å². The Hall–Kier alpha value is -2.09. The van der Waals surface area contributed by atoms with Crippen LogP contribution in [0.2, 0.25) is 0 Å². The Kier molecular flexibility index (Phi) is 3.58. The number of aromatic nitrogens is 1. The molecule has 1 heterocycles. The van der Waals surface area contributed by atoms with Gasteiger partial charge in [-0.05, 0) is 85.8 Å². The van der Waals surface area contributed by atoms with Crippen molar-refractivity contribution >= 4 is 22.4 Å². The molecule has 2 fully saturated rings. The number of rotatable bonds is 1. The lowest BCUT2D eigenvalue weighted by Crippen LogP contribution is -2.45. The summed E-state index contributed by atoms with van der Waals surface area (Å²) in [6.45, 7) is 2.54. The molecule has 0 N–H and O–H groups in total. The lowest BCUT2D eigenvalue weighted by molar-refractivity contribution is -0.115. The number of carbonyl (C=O) groups excluding carboxylic acids is 1. The molecule has 4 unspecified atom stereocenters. The number of nitrogens with zero attached hydrogens (tertiary/aromatic N) is 1. The molecule has 0 spiro atoms. The van der Waals surface area contributed by atoms with Crippen LogP contribution in [-0.2, 0) is 4.79 Å². The number of allylic oxidation sites excluding steroid dienone is 4. The van der Waals surface area contributed by atoms with Crippen LogP contribution in [0.25, 0.3) is 16.6 Å². The van der Waals surface area contributed by atoms with Gasteiger partial charge in [0.15, 0.2) is 5.78 Å². The Morgan fingerprint density at radius 2 is 1.93 bits per heavy atom. The van der Waals surface area contributed by atoms with Crippen molar-refractivity contribution < 1.29 is 4.79 Å². The average Bonchev–Trinajstić information content (AvgIpc) is 3.28. The van der Waals surface area contributed by atoms with Crippen molar-refractivity contribution in [2.24, 2.45) is 29.1 Å². The van der Waals surface area contributed by atoms with Crippen LogP contribution in [0.5, 0.6) is 0 Å². The Bertz CT molecular complexity index is 1020. The van der Waals surface area contributed by atoms with E-state index in [1.165, 1.54) is 47.9 Å². The van der Waals surface area contributed by atoms with Gasteiger partial charge in [0.2, 0.25) is 0 Å². The lowest BCUT2D eigenvalue weighted by Gasteiger charge is -2.53. The van der Waals surface area contributed by atoms with Gasteiger partial charge in [0.25, 0.3) is 0 Å². The molecule has 2 nitrogen and oxygen atoms in total. The van der Waals surface area contributed by atoms with Gasteiger partial charge in [0, 0.05) is 23.7 Å². The summed E-state index contributed by atoms with van der Waals surface area (Å²) in [7, 11) is 0. The SMILES string of the molecule is C[C@]12CCC3C4CCC(=O)C=C4CCC3C1CC=C2n1ccc2ccccc21. The molecular weight excluding hydrogens is 342 g/mol. The van der Waals surface area contributed by atoms with Gasteiger partial charge >= 0.3 is 0 Å². The highest BCUT2D eigenvalue weighted by Crippen LogP contribution is 2.63. The zero-order valence-electron chi connectivity index (χ0n) is 16.7. The lowest BCUT2D eigenvalue weighted by atomic mass is 9.52. The van der Waals surface area contributed by atoms with E-state index < -0.39 is 0 Å². The van der Waals surface area contributed by atoms with Gasteiger partial charge in [-0.15, -0.1) is 0 Å². The van der Waals surface area contributed by atoms with E-state index in [-0.39, 0.29) is 5.41 Å². The highest BCUT2D eigenvalue weighted by atomic mass is 16.1. The van der Waals surface area contributed by atoms with Gasteiger partial charge in [-0.25, -0.2) is 0 Å². The first-order valence-electron chi connectivity index (χ1n) is 11.2. The molecule has 2 aromatic rings. The van der Waals surface area contributed by atoms with Crippen molar-refractivity contribution in [1.82, 2.24) is 4.57 Å². The summed E-state index contributed by atoms with van der Waals surface area (Å²) in [6.07, 6.45) is 15.0. The third-order valence-corrected chi connectivity index (χ3v) is 8.70. The fourth-order valence-corrected chi connectivity index (χ4v) is 7.39. The molecule has 28 heavy (non-hydrogen) atoms. The number of para-hydroxylation sites is 1. The first kappa shape index (κ1) is 16.8. The normalized spacial score (nSPS) is 37.1. The molecule has 144 valence electrons. The summed E-state index contributed by atoms with van der Waals surface area (Å²) in [5, 5.41) is 1.34. The van der Waals surface area contributed by atoms with E-state index in [4.69, 9.17) is 0 Å². The maximum absolute atomic E-state index is 11.9. The number of fused-ring (bicyclic) bond motifs is 6. The van der Waals surface area contributed by atoms with E-state index in [0.29, 0.717) is 11.7 Å². The van der Waals surface area contributed by atoms with Crippen molar-refractivity contribution in [3.05, 3.63) is 54.3 Å². The number of carbonyl (C=O) groups is 1. The summed E-state index contributed by atoms with van der Waals surface area (Å²) in [5.74, 6) is 3.46. The van der Waals surface area contributed by atoms with Crippen LogP contribution < -0.4 is 0 Å². The molecule has 5 atom stereocenters. The summed E-state index contributed by atoms with van der Waals surface area (Å²) < 4.78 is 2.48. The van der Waals surface area contributed by atoms with Gasteiger partial charge in [0.05, 0.1) is 5.52 Å². The topological polar surface area (TPSA) is 22.0 Å². The highest BCUT2D eigenvalue weighted by Gasteiger charge is 2.54. The molecule has 4 aliphatic rings. The minimum Gasteiger partial charge on any atom is -0.320 e. The monoisotopic (exact) mass is 371 g/mol. The minimum absolute atomic E-state index is 0.286. The van der Waals surface area contributed by atoms with Crippen LogP contribution in [0.4, 0.5) is 0 Å². The molecule has 1 aromatic carbocycles. The zero-order valence-corrected chi connectivity index (χ0v) is 16.7. The average molecular weight is 372 g/mol. The van der Waals surface area contributed by atoms with Gasteiger partial charge in [-0.3, -0.25) is 4.79 Å². The zero-order chi connectivity index (χ0) is 18.9. The third kappa shape index (κ3) is 2.24. The first-order chi connectivity index (χ1) is 13.6. The number of hydrogen-bond acceptors (Lipinski definition) is 1. The number of hydrogen-bond donors (Lipinski definition) is 0. The van der Waals surface area contributed by atoms with Gasteiger partial charge in [-0.2, -0.15) is 0 Å². The largest absolute Gasteiger partial charge is 0.320 e. The van der Waals surface area contributed by atoms with Gasteiger partial charge in [-0.1, -0.05) is 36.8 Å². The van der Waals surface area contributed by atoms with Crippen molar-refractivity contribution in [3.63, 3.8) is 0 Å². The predicted octanol–water partition coefficient (Wildman–Crippen LogP) is 6.23. The number of ketones is 1. The molecule has 0 radical (unpaired) electrons. The third-order valence-electron chi connectivity index (χ3n) is 8.70. The molecule has 4 aliphatic carbocycles. The summed E-state index contributed by atoms with van der Waals surface area (Å²) in [6, 6.07) is 11.0. The summed E-state index contributed by atoms with van der Waals surface area (Å²) >= 11 is 0. The summed E-state index contributed by atoms with van der Waals surface area (Å²) in [5.41, 5.74) is 4.66. The van der Waals surface area contributed by atoms with Crippen molar-refractivity contribution in [1.29, 1.82) is 0 Å². The summed E-state index contributed by atoms with van der Waals surface area (Å²) in [4.78, 5) is 11.9. The molecule has 1 aromatic heterocycles. The molecule has 0 bridgehead atoms. The van der Waals surface area contributed by atoms with Crippen LogP contribution in [0, 0.1) is 29.1 Å². The van der Waals surface area contributed by atoms with E-state index in [2.05, 4.69) is 54.1 Å². The molecule has 6 rings (SSSR count). The Morgan fingerprint density at radius 3 is 2.86 bits per heavy atom. The van der Waals surface area contributed by atoms with Crippen LogP contribution in [0.3, 0.4) is 0 Å². The quantitative estimate of drug-likeness (QED) is 0.582. The second-order valence-corrected chi connectivity index (χ2v) is 9.83. The smallest absolute Gasteiger partial charge is 0.155 e. The molecule has 2 saturated carbocycles. The maximum Gasteiger partial charge on any atom is 0.155 e. The Morgan fingerprint density at radius 1 is 1.04 bits per heavy atom. The maximum atomic E-state index is 11.9. The van der Waals surface area contributed by atoms with Crippen LogP contribution in [0.1, 0.15) is 51.9 Å². The molecule has 0 saturated heterocycles. The molecular formula is C26H29NO. The van der Waals surface area contributed by atoms with Crippen molar-refractivity contribution in [2.75, 3.05) is 0 Å². The second kappa shape index (κ2) is 5.95. The van der Waals surface area contributed by atoms with Crippen LogP contribution in [0.15, 0.2) is 54.3 Å². The number of benzene rings is 1. The van der Waals surface area contributed by atoms with Crippen molar-refractivity contribution in [2.45, 2.75) is 51.9 Å². The highest BCUT2D eigenvalue weighted by molar-refractivity contribution is 5.91. The minimum atomic E-state index is 0.286. The standard InChI is InChI=1S/C26H29NO/c1-26-14-12-21-20-9-7-19(28)16-18(20)6-8-22(21)23(26)10-11-25(26)27-15-13-17-4-2-3-5-24(17)27/h2-5,11,13,15-16,20-23H,6-10,12,14H2,1H3/t20?,21?,22?,23?,26-/m0/s1. The van der Waals surface area contributed by atoms with Crippen LogP contribution >= 0.6 is 0 Å². The Labute approximate surface area is 167 Å². The van der Waals surface area contributed by atoms with E-state index in [0.717, 1.165) is 37.0 Å². The predicted molar refractivity (Wildman–Crippen MR) is 114 cm³/mol. The van der Waals surface area contributed by atoms with Crippen LogP contribution in [-0.4, -0.2) is 10.4 Å². The molecule has 0 aliphatic heterocycles. The van der Waals surface area contributed by atoms with E-state index in [9.17, 15) is 4.79 Å². The fraction of sp³-hybridized carbons (Fsp3) is 0.500. The van der Waals surface area contributed by atoms with E-state index in [1.807, 2.05) is 6.08 Å². The van der Waals surface area contributed by atoms with E-state index >= 15 is 0 Å². The van der Waals surface area contributed by atoms with Gasteiger partial charge in [0.1, 0.15) is 0 Å². The second-order valence-electron chi connectivity index (χ2n) is 9.83.